The fraction of sp³-hybridized carbons (Fsp3) is 0.167. The average Bonchev–Trinajstić information content (AvgIpc) is 2.66. The lowest BCUT2D eigenvalue weighted by Gasteiger charge is -2.10. The summed E-state index contributed by atoms with van der Waals surface area (Å²) in [6, 6.07) is 13.1. The van der Waals surface area contributed by atoms with Crippen LogP contribution in [0.1, 0.15) is 15.9 Å². The van der Waals surface area contributed by atoms with E-state index < -0.39 is 5.91 Å². The Balaban J connectivity index is 1.92. The first-order valence-electron chi connectivity index (χ1n) is 7.37. The lowest BCUT2D eigenvalue weighted by Crippen LogP contribution is -2.32. The van der Waals surface area contributed by atoms with Crippen molar-refractivity contribution in [2.24, 2.45) is 0 Å². The molecular weight excluding hydrogens is 322 g/mol. The van der Waals surface area contributed by atoms with Crippen LogP contribution in [0.2, 0.25) is 0 Å². The number of nitrogens with one attached hydrogen (secondary N) is 2. The zero-order valence-corrected chi connectivity index (χ0v) is 13.8. The molecule has 2 rings (SSSR count). The molecule has 0 aliphatic carbocycles. The van der Waals surface area contributed by atoms with Crippen molar-refractivity contribution in [3.63, 3.8) is 0 Å². The SMILES string of the molecule is COc1ccc(C(=O)NCC(=O)Nc2ccc(C#N)cc2)cc1OC. The lowest BCUT2D eigenvalue weighted by molar-refractivity contribution is -0.115. The molecule has 7 heteroatoms. The molecule has 2 amide bonds. The van der Waals surface area contributed by atoms with E-state index in [1.165, 1.54) is 20.3 Å². The summed E-state index contributed by atoms with van der Waals surface area (Å²) in [5.74, 6) is 0.157. The fourth-order valence-corrected chi connectivity index (χ4v) is 2.07. The zero-order valence-electron chi connectivity index (χ0n) is 13.8. The second kappa shape index (κ2) is 8.36. The smallest absolute Gasteiger partial charge is 0.251 e. The van der Waals surface area contributed by atoms with Gasteiger partial charge in [-0.15, -0.1) is 0 Å². The van der Waals surface area contributed by atoms with Gasteiger partial charge >= 0.3 is 0 Å². The first-order valence-corrected chi connectivity index (χ1v) is 7.37. The normalized spacial score (nSPS) is 9.64. The molecule has 0 aliphatic heterocycles. The van der Waals surface area contributed by atoms with Crippen LogP contribution in [-0.2, 0) is 4.79 Å². The molecule has 0 unspecified atom stereocenters. The Labute approximate surface area is 145 Å². The summed E-state index contributed by atoms with van der Waals surface area (Å²) in [4.78, 5) is 24.0. The maximum atomic E-state index is 12.1. The third-order valence-electron chi connectivity index (χ3n) is 3.35. The van der Waals surface area contributed by atoms with E-state index in [0.717, 1.165) is 0 Å². The van der Waals surface area contributed by atoms with Crippen molar-refractivity contribution >= 4 is 17.5 Å². The molecule has 0 radical (unpaired) electrons. The molecule has 2 aromatic carbocycles. The van der Waals surface area contributed by atoms with E-state index >= 15 is 0 Å². The van der Waals surface area contributed by atoms with Crippen LogP contribution in [0.25, 0.3) is 0 Å². The number of anilines is 1. The maximum Gasteiger partial charge on any atom is 0.251 e. The summed E-state index contributed by atoms with van der Waals surface area (Å²) in [6.45, 7) is -0.187. The van der Waals surface area contributed by atoms with Crippen LogP contribution in [0.5, 0.6) is 11.5 Å². The van der Waals surface area contributed by atoms with Crippen molar-refractivity contribution in [3.8, 4) is 17.6 Å². The topological polar surface area (TPSA) is 100 Å². The number of rotatable bonds is 6. The molecule has 2 N–H and O–H groups in total. The Kier molecular flexibility index (Phi) is 5.96. The number of carbonyl (C=O) groups excluding carboxylic acids is 2. The molecule has 2 aromatic rings. The van der Waals surface area contributed by atoms with Gasteiger partial charge in [0.1, 0.15) is 0 Å². The summed E-state index contributed by atoms with van der Waals surface area (Å²) in [7, 11) is 2.98. The summed E-state index contributed by atoms with van der Waals surface area (Å²) < 4.78 is 10.3. The number of hydrogen-bond donors (Lipinski definition) is 2. The van der Waals surface area contributed by atoms with E-state index in [0.29, 0.717) is 28.3 Å². The number of amides is 2. The molecule has 0 heterocycles. The summed E-state index contributed by atoms with van der Waals surface area (Å²) in [5.41, 5.74) is 1.40. The Morgan fingerprint density at radius 3 is 2.32 bits per heavy atom. The van der Waals surface area contributed by atoms with Gasteiger partial charge in [0.05, 0.1) is 32.4 Å². The largest absolute Gasteiger partial charge is 0.493 e. The number of benzene rings is 2. The van der Waals surface area contributed by atoms with Crippen molar-refractivity contribution < 1.29 is 19.1 Å². The average molecular weight is 339 g/mol. The van der Waals surface area contributed by atoms with Crippen LogP contribution in [-0.4, -0.2) is 32.6 Å². The highest BCUT2D eigenvalue weighted by molar-refractivity contribution is 5.99. The molecule has 0 aliphatic rings. The van der Waals surface area contributed by atoms with E-state index in [2.05, 4.69) is 10.6 Å². The van der Waals surface area contributed by atoms with E-state index in [9.17, 15) is 9.59 Å². The number of methoxy groups -OCH3 is 2. The van der Waals surface area contributed by atoms with E-state index in [4.69, 9.17) is 14.7 Å². The predicted octanol–water partition coefficient (Wildman–Crippen LogP) is 1.94. The van der Waals surface area contributed by atoms with Gasteiger partial charge in [0, 0.05) is 11.3 Å². The van der Waals surface area contributed by atoms with E-state index in [1.54, 1.807) is 36.4 Å². The summed E-state index contributed by atoms with van der Waals surface area (Å²) in [6.07, 6.45) is 0. The minimum Gasteiger partial charge on any atom is -0.493 e. The fourth-order valence-electron chi connectivity index (χ4n) is 2.07. The predicted molar refractivity (Wildman–Crippen MR) is 91.7 cm³/mol. The van der Waals surface area contributed by atoms with Gasteiger partial charge in [-0.3, -0.25) is 9.59 Å². The Bertz CT molecular complexity index is 810. The molecule has 25 heavy (non-hydrogen) atoms. The molecule has 0 saturated heterocycles. The van der Waals surface area contributed by atoms with Crippen LogP contribution in [0.15, 0.2) is 42.5 Å². The molecule has 0 saturated carbocycles. The number of ether oxygens (including phenoxy) is 2. The molecule has 0 fully saturated rings. The van der Waals surface area contributed by atoms with Crippen molar-refractivity contribution in [1.29, 1.82) is 5.26 Å². The third kappa shape index (κ3) is 4.72. The van der Waals surface area contributed by atoms with E-state index in [1.807, 2.05) is 6.07 Å². The standard InChI is InChI=1S/C18H17N3O4/c1-24-15-8-5-13(9-16(15)25-2)18(23)20-11-17(22)21-14-6-3-12(10-19)4-7-14/h3-9H,11H2,1-2H3,(H,20,23)(H,21,22). The summed E-state index contributed by atoms with van der Waals surface area (Å²) in [5, 5.41) is 13.9. The van der Waals surface area contributed by atoms with Crippen LogP contribution >= 0.6 is 0 Å². The van der Waals surface area contributed by atoms with Gasteiger partial charge in [-0.05, 0) is 42.5 Å². The third-order valence-corrected chi connectivity index (χ3v) is 3.35. The molecular formula is C18H17N3O4. The molecule has 0 atom stereocenters. The minimum atomic E-state index is -0.407. The molecule has 0 spiro atoms. The molecule has 0 aromatic heterocycles. The monoisotopic (exact) mass is 339 g/mol. The molecule has 7 nitrogen and oxygen atoms in total. The van der Waals surface area contributed by atoms with Crippen molar-refractivity contribution in [2.45, 2.75) is 0 Å². The number of carbonyl (C=O) groups is 2. The second-order valence-electron chi connectivity index (χ2n) is 4.99. The van der Waals surface area contributed by atoms with Gasteiger partial charge in [0.25, 0.3) is 5.91 Å². The first-order chi connectivity index (χ1) is 12.1. The summed E-state index contributed by atoms with van der Waals surface area (Å²) >= 11 is 0. The van der Waals surface area contributed by atoms with Gasteiger partial charge in [-0.2, -0.15) is 5.26 Å². The lowest BCUT2D eigenvalue weighted by atomic mass is 10.2. The van der Waals surface area contributed by atoms with Crippen LogP contribution < -0.4 is 20.1 Å². The van der Waals surface area contributed by atoms with Gasteiger partial charge in [0.2, 0.25) is 5.91 Å². The first kappa shape index (κ1) is 17.8. The highest BCUT2D eigenvalue weighted by Crippen LogP contribution is 2.27. The van der Waals surface area contributed by atoms with Crippen LogP contribution in [0, 0.1) is 11.3 Å². The Hall–Kier alpha value is -3.53. The molecule has 128 valence electrons. The van der Waals surface area contributed by atoms with Gasteiger partial charge in [-0.1, -0.05) is 0 Å². The molecule has 0 bridgehead atoms. The van der Waals surface area contributed by atoms with Gasteiger partial charge in [0.15, 0.2) is 11.5 Å². The van der Waals surface area contributed by atoms with Crippen molar-refractivity contribution in [3.05, 3.63) is 53.6 Å². The Morgan fingerprint density at radius 2 is 1.72 bits per heavy atom. The highest BCUT2D eigenvalue weighted by Gasteiger charge is 2.12. The van der Waals surface area contributed by atoms with Crippen molar-refractivity contribution in [1.82, 2.24) is 5.32 Å². The van der Waals surface area contributed by atoms with Crippen molar-refractivity contribution in [2.75, 3.05) is 26.1 Å². The van der Waals surface area contributed by atoms with Gasteiger partial charge in [-0.25, -0.2) is 0 Å². The van der Waals surface area contributed by atoms with Gasteiger partial charge < -0.3 is 20.1 Å². The van der Waals surface area contributed by atoms with E-state index in [-0.39, 0.29) is 12.5 Å². The number of nitrogens with zero attached hydrogens (tertiary/aromatic N) is 1. The minimum absolute atomic E-state index is 0.187. The maximum absolute atomic E-state index is 12.1. The van der Waals surface area contributed by atoms with Crippen LogP contribution in [0.4, 0.5) is 5.69 Å². The quantitative estimate of drug-likeness (QED) is 0.838. The highest BCUT2D eigenvalue weighted by atomic mass is 16.5. The second-order valence-corrected chi connectivity index (χ2v) is 4.99. The zero-order chi connectivity index (χ0) is 18.2. The Morgan fingerprint density at radius 1 is 1.04 bits per heavy atom. The van der Waals surface area contributed by atoms with Crippen LogP contribution in [0.3, 0.4) is 0 Å². The number of hydrogen-bond acceptors (Lipinski definition) is 5. The number of nitriles is 1.